The van der Waals surface area contributed by atoms with Gasteiger partial charge in [-0.1, -0.05) is 19.4 Å². The van der Waals surface area contributed by atoms with Gasteiger partial charge in [0.05, 0.1) is 36.3 Å². The fourth-order valence-corrected chi connectivity index (χ4v) is 4.95. The Kier molecular flexibility index (Phi) is 6.38. The van der Waals surface area contributed by atoms with E-state index in [1.54, 1.807) is 12.1 Å². The molecule has 5 rings (SSSR count). The van der Waals surface area contributed by atoms with Crippen LogP contribution < -0.4 is 10.2 Å². The lowest BCUT2D eigenvalue weighted by Gasteiger charge is -2.45. The number of benzene rings is 1. The van der Waals surface area contributed by atoms with Crippen molar-refractivity contribution < 1.29 is 22.7 Å². The number of aromatic nitrogens is 3. The fourth-order valence-electron chi connectivity index (χ4n) is 4.95. The van der Waals surface area contributed by atoms with Gasteiger partial charge in [-0.25, -0.2) is 0 Å². The standard InChI is InChI=1S/C26H26F3N5O2/c1-3-16-10-21-22(34-8-9-36-14-23(16)34)13-20(32-33-21)19-12-18(5-4-15(19)2)31-25(35)17-6-7-30-24(11-17)26(27,28)29/h4-7,11-13,16,23H,3,8-10,14H2,1-2H3,(H,31,35)/t16-,23+/m0/s1. The van der Waals surface area contributed by atoms with E-state index in [2.05, 4.69) is 32.3 Å². The molecule has 1 N–H and O–H groups in total. The first kappa shape index (κ1) is 24.2. The van der Waals surface area contributed by atoms with Crippen molar-refractivity contribution in [1.29, 1.82) is 0 Å². The van der Waals surface area contributed by atoms with Gasteiger partial charge in [0.1, 0.15) is 5.69 Å². The van der Waals surface area contributed by atoms with E-state index in [4.69, 9.17) is 4.74 Å². The van der Waals surface area contributed by atoms with Crippen LogP contribution >= 0.6 is 0 Å². The van der Waals surface area contributed by atoms with Gasteiger partial charge in [0, 0.05) is 29.6 Å². The van der Waals surface area contributed by atoms with E-state index in [0.717, 1.165) is 54.2 Å². The van der Waals surface area contributed by atoms with Crippen molar-refractivity contribution in [2.75, 3.05) is 30.0 Å². The zero-order valence-corrected chi connectivity index (χ0v) is 20.0. The van der Waals surface area contributed by atoms with Crippen molar-refractivity contribution in [1.82, 2.24) is 15.2 Å². The number of nitrogens with one attached hydrogen (secondary N) is 1. The Morgan fingerprint density at radius 2 is 2.03 bits per heavy atom. The number of aryl methyl sites for hydroxylation is 1. The van der Waals surface area contributed by atoms with Crippen molar-refractivity contribution in [2.45, 2.75) is 38.9 Å². The van der Waals surface area contributed by atoms with Gasteiger partial charge in [-0.3, -0.25) is 9.78 Å². The molecule has 1 saturated heterocycles. The Hall–Kier alpha value is -3.53. The van der Waals surface area contributed by atoms with Crippen molar-refractivity contribution >= 4 is 17.3 Å². The second-order valence-corrected chi connectivity index (χ2v) is 9.18. The molecule has 0 aliphatic carbocycles. The molecule has 36 heavy (non-hydrogen) atoms. The minimum absolute atomic E-state index is 0.128. The molecule has 1 aromatic carbocycles. The summed E-state index contributed by atoms with van der Waals surface area (Å²) in [5.74, 6) is -0.194. The van der Waals surface area contributed by atoms with Crippen LogP contribution in [0.15, 0.2) is 42.6 Å². The number of halogens is 3. The Morgan fingerprint density at radius 3 is 2.81 bits per heavy atom. The lowest BCUT2D eigenvalue weighted by atomic mass is 9.85. The molecule has 2 aliphatic heterocycles. The number of pyridine rings is 1. The minimum Gasteiger partial charge on any atom is -0.377 e. The zero-order chi connectivity index (χ0) is 25.4. The molecular formula is C26H26F3N5O2. The number of ether oxygens (including phenoxy) is 1. The normalized spacial score (nSPS) is 19.4. The van der Waals surface area contributed by atoms with Gasteiger partial charge in [-0.05, 0) is 55.2 Å². The number of alkyl halides is 3. The summed E-state index contributed by atoms with van der Waals surface area (Å²) in [6.45, 7) is 6.27. The number of amides is 1. The Morgan fingerprint density at radius 1 is 1.19 bits per heavy atom. The minimum atomic E-state index is -4.63. The predicted molar refractivity (Wildman–Crippen MR) is 129 cm³/mol. The smallest absolute Gasteiger partial charge is 0.377 e. The summed E-state index contributed by atoms with van der Waals surface area (Å²) >= 11 is 0. The fraction of sp³-hybridized carbons (Fsp3) is 0.385. The van der Waals surface area contributed by atoms with E-state index < -0.39 is 17.8 Å². The van der Waals surface area contributed by atoms with Crippen LogP contribution in [0, 0.1) is 12.8 Å². The average molecular weight is 498 g/mol. The molecule has 0 unspecified atom stereocenters. The Balaban J connectivity index is 1.43. The summed E-state index contributed by atoms with van der Waals surface area (Å²) in [7, 11) is 0. The highest BCUT2D eigenvalue weighted by Crippen LogP contribution is 2.38. The number of nitrogens with zero attached hydrogens (tertiary/aromatic N) is 4. The molecule has 1 fully saturated rings. The van der Waals surface area contributed by atoms with Gasteiger partial charge >= 0.3 is 6.18 Å². The maximum Gasteiger partial charge on any atom is 0.433 e. The maximum absolute atomic E-state index is 13.0. The molecular weight excluding hydrogens is 471 g/mol. The van der Waals surface area contributed by atoms with Gasteiger partial charge in [-0.15, -0.1) is 0 Å². The summed E-state index contributed by atoms with van der Waals surface area (Å²) in [6, 6.07) is 9.64. The lowest BCUT2D eigenvalue weighted by molar-refractivity contribution is -0.141. The molecule has 10 heteroatoms. The Labute approximate surface area is 206 Å². The molecule has 0 bridgehead atoms. The number of carbonyl (C=O) groups excluding carboxylic acids is 1. The summed E-state index contributed by atoms with van der Waals surface area (Å²) in [6.07, 6.45) is -1.77. The second-order valence-electron chi connectivity index (χ2n) is 9.18. The molecule has 2 aromatic heterocycles. The van der Waals surface area contributed by atoms with Crippen LogP contribution in [0.4, 0.5) is 24.5 Å². The maximum atomic E-state index is 13.0. The van der Waals surface area contributed by atoms with Crippen LogP contribution in [-0.2, 0) is 17.3 Å². The second kappa shape index (κ2) is 9.50. The van der Waals surface area contributed by atoms with Crippen molar-refractivity contribution in [3.05, 3.63) is 65.1 Å². The van der Waals surface area contributed by atoms with E-state index in [0.29, 0.717) is 36.6 Å². The first-order chi connectivity index (χ1) is 17.2. The third-order valence-corrected chi connectivity index (χ3v) is 6.93. The van der Waals surface area contributed by atoms with Gasteiger partial charge in [0.25, 0.3) is 5.91 Å². The van der Waals surface area contributed by atoms with E-state index in [1.165, 1.54) is 6.07 Å². The monoisotopic (exact) mass is 497 g/mol. The van der Waals surface area contributed by atoms with Crippen molar-refractivity contribution in [3.8, 4) is 11.3 Å². The number of morpholine rings is 1. The topological polar surface area (TPSA) is 80.2 Å². The number of hydrogen-bond acceptors (Lipinski definition) is 6. The third kappa shape index (κ3) is 4.65. The quantitative estimate of drug-likeness (QED) is 0.552. The van der Waals surface area contributed by atoms with Crippen LogP contribution in [0.25, 0.3) is 11.3 Å². The molecule has 1 amide bonds. The molecule has 0 radical (unpaired) electrons. The first-order valence-electron chi connectivity index (χ1n) is 11.9. The molecule has 188 valence electrons. The lowest BCUT2D eigenvalue weighted by Crippen LogP contribution is -2.53. The number of anilines is 2. The Bertz CT molecular complexity index is 1300. The van der Waals surface area contributed by atoms with Crippen LogP contribution in [0.5, 0.6) is 0 Å². The molecule has 7 nitrogen and oxygen atoms in total. The SMILES string of the molecule is CC[C@H]1Cc2nnc(-c3cc(NC(=O)c4ccnc(C(F)(F)F)c4)ccc3C)cc2N2CCOC[C@H]12. The van der Waals surface area contributed by atoms with Gasteiger partial charge in [0.2, 0.25) is 0 Å². The largest absolute Gasteiger partial charge is 0.433 e. The highest BCUT2D eigenvalue weighted by Gasteiger charge is 2.37. The van der Waals surface area contributed by atoms with Crippen molar-refractivity contribution in [2.24, 2.45) is 5.92 Å². The first-order valence-corrected chi connectivity index (χ1v) is 11.9. The molecule has 2 atom stereocenters. The average Bonchev–Trinajstić information content (AvgIpc) is 2.88. The summed E-state index contributed by atoms with van der Waals surface area (Å²) in [5.41, 5.74) is 3.63. The van der Waals surface area contributed by atoms with E-state index in [-0.39, 0.29) is 5.56 Å². The van der Waals surface area contributed by atoms with Gasteiger partial charge < -0.3 is 15.0 Å². The summed E-state index contributed by atoms with van der Waals surface area (Å²) in [4.78, 5) is 18.4. The molecule has 0 spiro atoms. The number of hydrogen-bond donors (Lipinski definition) is 1. The summed E-state index contributed by atoms with van der Waals surface area (Å²) < 4.78 is 44.7. The van der Waals surface area contributed by atoms with Gasteiger partial charge in [0.15, 0.2) is 0 Å². The van der Waals surface area contributed by atoms with Crippen LogP contribution in [0.3, 0.4) is 0 Å². The highest BCUT2D eigenvalue weighted by molar-refractivity contribution is 6.04. The molecule has 4 heterocycles. The summed E-state index contributed by atoms with van der Waals surface area (Å²) in [5, 5.41) is 11.7. The van der Waals surface area contributed by atoms with Gasteiger partial charge in [-0.2, -0.15) is 23.4 Å². The van der Waals surface area contributed by atoms with E-state index in [9.17, 15) is 18.0 Å². The van der Waals surface area contributed by atoms with E-state index >= 15 is 0 Å². The molecule has 3 aromatic rings. The number of carbonyl (C=O) groups is 1. The van der Waals surface area contributed by atoms with Crippen LogP contribution in [0.2, 0.25) is 0 Å². The van der Waals surface area contributed by atoms with Crippen molar-refractivity contribution in [3.63, 3.8) is 0 Å². The highest BCUT2D eigenvalue weighted by atomic mass is 19.4. The van der Waals surface area contributed by atoms with E-state index in [1.807, 2.05) is 19.1 Å². The molecule has 2 aliphatic rings. The number of rotatable bonds is 4. The predicted octanol–water partition coefficient (Wildman–Crippen LogP) is 4.91. The van der Waals surface area contributed by atoms with Crippen LogP contribution in [-0.4, -0.2) is 46.9 Å². The molecule has 0 saturated carbocycles. The number of fused-ring (bicyclic) bond motifs is 3. The zero-order valence-electron chi connectivity index (χ0n) is 20.0. The van der Waals surface area contributed by atoms with Crippen LogP contribution in [0.1, 0.15) is 40.7 Å². The third-order valence-electron chi connectivity index (χ3n) is 6.93.